The maximum atomic E-state index is 5.86. The van der Waals surface area contributed by atoms with Gasteiger partial charge in [0.05, 0.1) is 4.21 Å². The Bertz CT molecular complexity index is 371. The summed E-state index contributed by atoms with van der Waals surface area (Å²) in [5.41, 5.74) is 0.880. The maximum absolute atomic E-state index is 5.86. The third-order valence-electron chi connectivity index (χ3n) is 1.36. The standard InChI is InChI=1S/C7H5ClN2S3/c8-7-5(9-10-13-7)4-12-6-2-1-3-11-6/h1-3H,4H2. The lowest BCUT2D eigenvalue weighted by Crippen LogP contribution is -1.80. The van der Waals surface area contributed by atoms with E-state index in [9.17, 15) is 0 Å². The number of hydrogen-bond donors (Lipinski definition) is 0. The molecule has 0 aliphatic carbocycles. The Balaban J connectivity index is 1.97. The van der Waals surface area contributed by atoms with Crippen LogP contribution in [0.1, 0.15) is 5.69 Å². The number of thioether (sulfide) groups is 1. The van der Waals surface area contributed by atoms with E-state index in [0.29, 0.717) is 4.34 Å². The molecule has 13 heavy (non-hydrogen) atoms. The number of halogens is 1. The first kappa shape index (κ1) is 9.45. The topological polar surface area (TPSA) is 25.8 Å². The lowest BCUT2D eigenvalue weighted by atomic mass is 10.6. The van der Waals surface area contributed by atoms with Gasteiger partial charge in [0, 0.05) is 17.3 Å². The van der Waals surface area contributed by atoms with Crippen molar-refractivity contribution in [3.8, 4) is 0 Å². The Labute approximate surface area is 93.1 Å². The van der Waals surface area contributed by atoms with Crippen LogP contribution in [0.15, 0.2) is 21.7 Å². The van der Waals surface area contributed by atoms with E-state index in [1.54, 1.807) is 23.1 Å². The van der Waals surface area contributed by atoms with Gasteiger partial charge >= 0.3 is 0 Å². The summed E-state index contributed by atoms with van der Waals surface area (Å²) in [6.45, 7) is 0. The van der Waals surface area contributed by atoms with Crippen molar-refractivity contribution in [2.45, 2.75) is 9.96 Å². The predicted octanol–water partition coefficient (Wildman–Crippen LogP) is 3.55. The van der Waals surface area contributed by atoms with Crippen molar-refractivity contribution in [2.75, 3.05) is 0 Å². The molecule has 0 radical (unpaired) electrons. The lowest BCUT2D eigenvalue weighted by molar-refractivity contribution is 1.08. The van der Waals surface area contributed by atoms with Crippen molar-refractivity contribution in [2.24, 2.45) is 0 Å². The molecule has 0 atom stereocenters. The van der Waals surface area contributed by atoms with E-state index in [1.807, 2.05) is 6.07 Å². The molecule has 2 nitrogen and oxygen atoms in total. The summed E-state index contributed by atoms with van der Waals surface area (Å²) in [6, 6.07) is 4.12. The van der Waals surface area contributed by atoms with Crippen LogP contribution in [0.25, 0.3) is 0 Å². The fourth-order valence-electron chi connectivity index (χ4n) is 0.768. The molecule has 2 aromatic heterocycles. The van der Waals surface area contributed by atoms with E-state index in [2.05, 4.69) is 21.0 Å². The Morgan fingerprint density at radius 3 is 3.08 bits per heavy atom. The highest BCUT2D eigenvalue weighted by Crippen LogP contribution is 2.29. The van der Waals surface area contributed by atoms with Gasteiger partial charge < -0.3 is 0 Å². The van der Waals surface area contributed by atoms with Gasteiger partial charge in [0.25, 0.3) is 0 Å². The van der Waals surface area contributed by atoms with Crippen LogP contribution in [0, 0.1) is 0 Å². The molecule has 0 aliphatic heterocycles. The average molecular weight is 249 g/mol. The molecule has 68 valence electrons. The first-order valence-corrected chi connectivity index (χ1v) is 6.51. The minimum Gasteiger partial charge on any atom is -0.141 e. The molecule has 0 spiro atoms. The van der Waals surface area contributed by atoms with Crippen molar-refractivity contribution >= 4 is 46.2 Å². The van der Waals surface area contributed by atoms with Crippen LogP contribution in [-0.4, -0.2) is 9.59 Å². The smallest absolute Gasteiger partial charge is 0.138 e. The Hall–Kier alpha value is -0.100. The molecule has 6 heteroatoms. The van der Waals surface area contributed by atoms with E-state index in [4.69, 9.17) is 11.6 Å². The van der Waals surface area contributed by atoms with Crippen molar-refractivity contribution in [3.05, 3.63) is 27.5 Å². The molecule has 0 fully saturated rings. The van der Waals surface area contributed by atoms with Gasteiger partial charge in [-0.25, -0.2) is 0 Å². The maximum Gasteiger partial charge on any atom is 0.138 e. The summed E-state index contributed by atoms with van der Waals surface area (Å²) in [6.07, 6.45) is 0. The first-order chi connectivity index (χ1) is 6.36. The molecule has 0 aliphatic rings. The summed E-state index contributed by atoms with van der Waals surface area (Å²) in [4.78, 5) is 0. The van der Waals surface area contributed by atoms with Gasteiger partial charge in [-0.1, -0.05) is 22.2 Å². The Kier molecular flexibility index (Phi) is 3.21. The summed E-state index contributed by atoms with van der Waals surface area (Å²) in [5.74, 6) is 0.801. The SMILES string of the molecule is Clc1snnc1CSc1cccs1. The molecule has 0 N–H and O–H groups in total. The predicted molar refractivity (Wildman–Crippen MR) is 58.8 cm³/mol. The molecule has 0 saturated carbocycles. The Morgan fingerprint density at radius 1 is 1.54 bits per heavy atom. The van der Waals surface area contributed by atoms with Crippen molar-refractivity contribution in [1.82, 2.24) is 9.59 Å². The highest BCUT2D eigenvalue weighted by molar-refractivity contribution is 8.00. The summed E-state index contributed by atoms with van der Waals surface area (Å²) < 4.78 is 5.75. The zero-order valence-corrected chi connectivity index (χ0v) is 9.64. The van der Waals surface area contributed by atoms with Crippen LogP contribution in [0.4, 0.5) is 0 Å². The fraction of sp³-hybridized carbons (Fsp3) is 0.143. The molecule has 2 aromatic rings. The quantitative estimate of drug-likeness (QED) is 0.777. The lowest BCUT2D eigenvalue weighted by Gasteiger charge is -1.93. The highest BCUT2D eigenvalue weighted by atomic mass is 35.5. The van der Waals surface area contributed by atoms with Crippen molar-refractivity contribution in [3.63, 3.8) is 0 Å². The molecule has 0 amide bonds. The van der Waals surface area contributed by atoms with Gasteiger partial charge in [0.15, 0.2) is 0 Å². The molecule has 0 bridgehead atoms. The van der Waals surface area contributed by atoms with Crippen LogP contribution in [-0.2, 0) is 5.75 Å². The van der Waals surface area contributed by atoms with Gasteiger partial charge in [0.1, 0.15) is 10.0 Å². The summed E-state index contributed by atoms with van der Waals surface area (Å²) >= 11 is 10.6. The summed E-state index contributed by atoms with van der Waals surface area (Å²) in [7, 11) is 0. The third-order valence-corrected chi connectivity index (χ3v) is 4.48. The van der Waals surface area contributed by atoms with Crippen LogP contribution in [0.3, 0.4) is 0 Å². The second-order valence-electron chi connectivity index (χ2n) is 2.21. The van der Waals surface area contributed by atoms with E-state index in [1.165, 1.54) is 15.7 Å². The number of thiophene rings is 1. The number of nitrogens with zero attached hydrogens (tertiary/aromatic N) is 2. The molecule has 0 saturated heterocycles. The second-order valence-corrected chi connectivity index (χ2v) is 5.79. The van der Waals surface area contributed by atoms with Crippen molar-refractivity contribution < 1.29 is 0 Å². The Morgan fingerprint density at radius 2 is 2.46 bits per heavy atom. The molecule has 2 heterocycles. The van der Waals surface area contributed by atoms with E-state index < -0.39 is 0 Å². The fourth-order valence-corrected chi connectivity index (χ4v) is 3.29. The number of aromatic nitrogens is 2. The average Bonchev–Trinajstić information content (AvgIpc) is 2.72. The van der Waals surface area contributed by atoms with Crippen LogP contribution in [0.5, 0.6) is 0 Å². The summed E-state index contributed by atoms with van der Waals surface area (Å²) in [5, 5.41) is 5.99. The zero-order chi connectivity index (χ0) is 9.10. The van der Waals surface area contributed by atoms with Crippen LogP contribution < -0.4 is 0 Å². The van der Waals surface area contributed by atoms with Gasteiger partial charge in [0.2, 0.25) is 0 Å². The van der Waals surface area contributed by atoms with E-state index >= 15 is 0 Å². The van der Waals surface area contributed by atoms with Gasteiger partial charge in [-0.2, -0.15) is 0 Å². The number of hydrogen-bond acceptors (Lipinski definition) is 5. The minimum atomic E-state index is 0.698. The first-order valence-electron chi connectivity index (χ1n) is 3.49. The number of rotatable bonds is 3. The van der Waals surface area contributed by atoms with E-state index in [0.717, 1.165) is 11.4 Å². The normalized spacial score (nSPS) is 10.5. The second kappa shape index (κ2) is 4.41. The molecule has 2 rings (SSSR count). The largest absolute Gasteiger partial charge is 0.141 e. The molecule has 0 aromatic carbocycles. The zero-order valence-electron chi connectivity index (χ0n) is 6.44. The minimum absolute atomic E-state index is 0.698. The van der Waals surface area contributed by atoms with Crippen molar-refractivity contribution in [1.29, 1.82) is 0 Å². The third kappa shape index (κ3) is 2.43. The van der Waals surface area contributed by atoms with Crippen LogP contribution in [0.2, 0.25) is 4.34 Å². The van der Waals surface area contributed by atoms with Crippen LogP contribution >= 0.6 is 46.2 Å². The molecule has 0 unspecified atom stereocenters. The molecular formula is C7H5ClN2S3. The van der Waals surface area contributed by atoms with Gasteiger partial charge in [-0.05, 0) is 11.4 Å². The van der Waals surface area contributed by atoms with Gasteiger partial charge in [-0.15, -0.1) is 28.2 Å². The van der Waals surface area contributed by atoms with E-state index in [-0.39, 0.29) is 0 Å². The highest BCUT2D eigenvalue weighted by Gasteiger charge is 2.05. The monoisotopic (exact) mass is 248 g/mol. The van der Waals surface area contributed by atoms with Gasteiger partial charge in [-0.3, -0.25) is 0 Å². The molecular weight excluding hydrogens is 244 g/mol.